The Hall–Kier alpha value is -2.61. The SMILES string of the molecule is Cc1cc(C(=O)Nc2nc3cc4c(cc3s2)OCCCO4)on1. The first-order valence-corrected chi connectivity index (χ1v) is 7.95. The molecule has 1 aliphatic rings. The molecule has 0 saturated carbocycles. The van der Waals surface area contributed by atoms with Gasteiger partial charge in [0.1, 0.15) is 0 Å². The van der Waals surface area contributed by atoms with Gasteiger partial charge in [0, 0.05) is 24.6 Å². The maximum Gasteiger partial charge on any atom is 0.296 e. The van der Waals surface area contributed by atoms with Gasteiger partial charge in [0.2, 0.25) is 5.76 Å². The van der Waals surface area contributed by atoms with E-state index in [2.05, 4.69) is 15.5 Å². The Labute approximate surface area is 135 Å². The lowest BCUT2D eigenvalue weighted by Gasteiger charge is -2.05. The van der Waals surface area contributed by atoms with Crippen molar-refractivity contribution < 1.29 is 18.8 Å². The lowest BCUT2D eigenvalue weighted by molar-refractivity contribution is 0.0988. The molecule has 23 heavy (non-hydrogen) atoms. The molecule has 7 nitrogen and oxygen atoms in total. The number of rotatable bonds is 2. The van der Waals surface area contributed by atoms with E-state index in [0.29, 0.717) is 35.5 Å². The van der Waals surface area contributed by atoms with E-state index in [1.165, 1.54) is 11.3 Å². The Bertz CT molecular complexity index is 843. The molecule has 8 heteroatoms. The predicted octanol–water partition coefficient (Wildman–Crippen LogP) is 3.01. The number of anilines is 1. The van der Waals surface area contributed by atoms with Crippen molar-refractivity contribution in [3.05, 3.63) is 29.7 Å². The molecule has 0 radical (unpaired) electrons. The van der Waals surface area contributed by atoms with Crippen LogP contribution in [0.3, 0.4) is 0 Å². The van der Waals surface area contributed by atoms with Crippen molar-refractivity contribution in [3.63, 3.8) is 0 Å². The summed E-state index contributed by atoms with van der Waals surface area (Å²) >= 11 is 1.37. The van der Waals surface area contributed by atoms with Crippen molar-refractivity contribution in [1.29, 1.82) is 0 Å². The number of benzene rings is 1. The number of hydrogen-bond donors (Lipinski definition) is 1. The second kappa shape index (κ2) is 5.54. The molecule has 0 fully saturated rings. The molecule has 0 saturated heterocycles. The van der Waals surface area contributed by atoms with Crippen LogP contribution < -0.4 is 14.8 Å². The number of aromatic nitrogens is 2. The van der Waals surface area contributed by atoms with Gasteiger partial charge in [-0.2, -0.15) is 0 Å². The molecule has 3 heterocycles. The van der Waals surface area contributed by atoms with Crippen molar-refractivity contribution in [2.75, 3.05) is 18.5 Å². The number of ether oxygens (including phenoxy) is 2. The molecule has 0 spiro atoms. The first-order valence-electron chi connectivity index (χ1n) is 7.14. The molecule has 4 rings (SSSR count). The highest BCUT2D eigenvalue weighted by Gasteiger charge is 2.17. The van der Waals surface area contributed by atoms with Crippen molar-refractivity contribution in [3.8, 4) is 11.5 Å². The van der Waals surface area contributed by atoms with E-state index in [0.717, 1.165) is 16.6 Å². The molecular formula is C15H13N3O4S. The monoisotopic (exact) mass is 331 g/mol. The van der Waals surface area contributed by atoms with E-state index >= 15 is 0 Å². The smallest absolute Gasteiger partial charge is 0.296 e. The molecule has 0 unspecified atom stereocenters. The zero-order valence-corrected chi connectivity index (χ0v) is 13.1. The first-order chi connectivity index (χ1) is 11.2. The number of nitrogens with zero attached hydrogens (tertiary/aromatic N) is 2. The summed E-state index contributed by atoms with van der Waals surface area (Å²) in [5, 5.41) is 6.90. The van der Waals surface area contributed by atoms with Crippen molar-refractivity contribution in [2.24, 2.45) is 0 Å². The topological polar surface area (TPSA) is 86.5 Å². The summed E-state index contributed by atoms with van der Waals surface area (Å²) in [6.45, 7) is 3.01. The fraction of sp³-hybridized carbons (Fsp3) is 0.267. The minimum absolute atomic E-state index is 0.157. The molecule has 3 aromatic rings. The van der Waals surface area contributed by atoms with Crippen LogP contribution in [0.5, 0.6) is 11.5 Å². The summed E-state index contributed by atoms with van der Waals surface area (Å²) in [4.78, 5) is 16.5. The molecule has 1 aliphatic heterocycles. The van der Waals surface area contributed by atoms with Crippen LogP contribution in [0.15, 0.2) is 22.7 Å². The van der Waals surface area contributed by atoms with E-state index < -0.39 is 0 Å². The summed E-state index contributed by atoms with van der Waals surface area (Å²) in [5.41, 5.74) is 1.40. The van der Waals surface area contributed by atoms with E-state index in [4.69, 9.17) is 14.0 Å². The molecule has 0 bridgehead atoms. The standard InChI is InChI=1S/C15H13N3O4S/c1-8-5-12(22-18-8)14(19)17-15-16-9-6-10-11(7-13(9)23-15)21-4-2-3-20-10/h5-7H,2-4H2,1H3,(H,16,17,19). The van der Waals surface area contributed by atoms with Crippen molar-refractivity contribution in [1.82, 2.24) is 10.1 Å². The zero-order chi connectivity index (χ0) is 15.8. The number of amides is 1. The molecule has 118 valence electrons. The minimum atomic E-state index is -0.376. The molecule has 0 atom stereocenters. The van der Waals surface area contributed by atoms with Crippen LogP contribution in [-0.4, -0.2) is 29.3 Å². The number of fused-ring (bicyclic) bond motifs is 2. The lowest BCUT2D eigenvalue weighted by Crippen LogP contribution is -2.10. The third-order valence-electron chi connectivity index (χ3n) is 3.33. The zero-order valence-electron chi connectivity index (χ0n) is 12.3. The van der Waals surface area contributed by atoms with Gasteiger partial charge in [-0.25, -0.2) is 4.98 Å². The average molecular weight is 331 g/mol. The summed E-state index contributed by atoms with van der Waals surface area (Å²) in [6.07, 6.45) is 0.855. The average Bonchev–Trinajstić information content (AvgIpc) is 3.04. The molecule has 0 aliphatic carbocycles. The van der Waals surface area contributed by atoms with Crippen LogP contribution in [0.1, 0.15) is 22.7 Å². The Morgan fingerprint density at radius 2 is 2.00 bits per heavy atom. The molecule has 1 amide bonds. The maximum absolute atomic E-state index is 12.1. The van der Waals surface area contributed by atoms with Gasteiger partial charge in [-0.15, -0.1) is 0 Å². The second-order valence-corrected chi connectivity index (χ2v) is 6.15. The fourth-order valence-corrected chi connectivity index (χ4v) is 3.14. The number of carbonyl (C=O) groups is 1. The highest BCUT2D eigenvalue weighted by molar-refractivity contribution is 7.22. The normalized spacial score (nSPS) is 13.8. The molecular weight excluding hydrogens is 318 g/mol. The van der Waals surface area contributed by atoms with Crippen molar-refractivity contribution >= 4 is 32.6 Å². The second-order valence-electron chi connectivity index (χ2n) is 5.12. The number of hydrogen-bond acceptors (Lipinski definition) is 7. The quantitative estimate of drug-likeness (QED) is 0.777. The van der Waals surface area contributed by atoms with Crippen LogP contribution in [0.25, 0.3) is 10.2 Å². The Morgan fingerprint density at radius 3 is 2.74 bits per heavy atom. The lowest BCUT2D eigenvalue weighted by atomic mass is 10.3. The predicted molar refractivity (Wildman–Crippen MR) is 84.4 cm³/mol. The Kier molecular flexibility index (Phi) is 3.38. The first kappa shape index (κ1) is 14.0. The van der Waals surface area contributed by atoms with Crippen LogP contribution in [-0.2, 0) is 0 Å². The number of nitrogens with one attached hydrogen (secondary N) is 1. The fourth-order valence-electron chi connectivity index (χ4n) is 2.27. The summed E-state index contributed by atoms with van der Waals surface area (Å²) < 4.78 is 17.2. The number of aryl methyl sites for hydroxylation is 1. The van der Waals surface area contributed by atoms with E-state index in [1.807, 2.05) is 12.1 Å². The van der Waals surface area contributed by atoms with Gasteiger partial charge < -0.3 is 14.0 Å². The molecule has 1 aromatic carbocycles. The van der Waals surface area contributed by atoms with Gasteiger partial charge in [0.05, 0.1) is 29.1 Å². The van der Waals surface area contributed by atoms with Crippen LogP contribution in [0.2, 0.25) is 0 Å². The van der Waals surface area contributed by atoms with Crippen LogP contribution in [0.4, 0.5) is 5.13 Å². The third-order valence-corrected chi connectivity index (χ3v) is 4.26. The van der Waals surface area contributed by atoms with Gasteiger partial charge in [-0.3, -0.25) is 10.1 Å². The van der Waals surface area contributed by atoms with Gasteiger partial charge in [-0.05, 0) is 6.92 Å². The molecule has 1 N–H and O–H groups in total. The van der Waals surface area contributed by atoms with E-state index in [-0.39, 0.29) is 11.7 Å². The van der Waals surface area contributed by atoms with Gasteiger partial charge >= 0.3 is 0 Å². The van der Waals surface area contributed by atoms with Crippen LogP contribution in [0, 0.1) is 6.92 Å². The Balaban J connectivity index is 1.62. The van der Waals surface area contributed by atoms with Crippen LogP contribution >= 0.6 is 11.3 Å². The maximum atomic E-state index is 12.1. The van der Waals surface area contributed by atoms with Crippen molar-refractivity contribution in [2.45, 2.75) is 13.3 Å². The van der Waals surface area contributed by atoms with Gasteiger partial charge in [0.25, 0.3) is 5.91 Å². The summed E-state index contributed by atoms with van der Waals surface area (Å²) in [7, 11) is 0. The highest BCUT2D eigenvalue weighted by atomic mass is 32.1. The minimum Gasteiger partial charge on any atom is -0.490 e. The number of carbonyl (C=O) groups excluding carboxylic acids is 1. The largest absolute Gasteiger partial charge is 0.490 e. The van der Waals surface area contributed by atoms with E-state index in [9.17, 15) is 4.79 Å². The summed E-state index contributed by atoms with van der Waals surface area (Å²) in [6, 6.07) is 5.30. The summed E-state index contributed by atoms with van der Waals surface area (Å²) in [5.74, 6) is 1.18. The van der Waals surface area contributed by atoms with Gasteiger partial charge in [0.15, 0.2) is 16.6 Å². The third kappa shape index (κ3) is 2.72. The van der Waals surface area contributed by atoms with Gasteiger partial charge in [-0.1, -0.05) is 16.5 Å². The highest BCUT2D eigenvalue weighted by Crippen LogP contribution is 2.37. The molecule has 2 aromatic heterocycles. The number of thiazole rings is 1. The van der Waals surface area contributed by atoms with E-state index in [1.54, 1.807) is 13.0 Å². The Morgan fingerprint density at radius 1 is 1.22 bits per heavy atom.